The number of ether oxygens (including phenoxy) is 4. The lowest BCUT2D eigenvalue weighted by Gasteiger charge is -2.38. The second-order valence-electron chi connectivity index (χ2n) is 13.7. The highest BCUT2D eigenvalue weighted by Crippen LogP contribution is 2.47. The summed E-state index contributed by atoms with van der Waals surface area (Å²) in [6.07, 6.45) is 0.216. The quantitative estimate of drug-likeness (QED) is 0.0704. The van der Waals surface area contributed by atoms with Crippen molar-refractivity contribution >= 4 is 46.1 Å². The highest BCUT2D eigenvalue weighted by molar-refractivity contribution is 7.14. The van der Waals surface area contributed by atoms with Crippen LogP contribution in [0, 0.1) is 5.41 Å². The molecule has 1 spiro atoms. The molecule has 3 aromatic heterocycles. The number of carbonyl (C=O) groups is 4. The smallest absolute Gasteiger partial charge is 0.413 e. The molecule has 3 amide bonds. The van der Waals surface area contributed by atoms with Crippen LogP contribution in [-0.4, -0.2) is 68.0 Å². The number of thiazole rings is 1. The lowest BCUT2D eigenvalue weighted by molar-refractivity contribution is -0.137. The minimum Gasteiger partial charge on any atom is -0.485 e. The predicted molar refractivity (Wildman–Crippen MR) is 197 cm³/mol. The van der Waals surface area contributed by atoms with Crippen LogP contribution in [0.3, 0.4) is 0 Å². The molecule has 282 valence electrons. The Morgan fingerprint density at radius 2 is 1.65 bits per heavy atom. The molecule has 55 heavy (non-hydrogen) atoms. The van der Waals surface area contributed by atoms with Gasteiger partial charge in [0.05, 0.1) is 11.9 Å². The molecule has 2 aliphatic rings. The van der Waals surface area contributed by atoms with E-state index in [2.05, 4.69) is 31.1 Å². The average molecular weight is 766 g/mol. The second-order valence-corrected chi connectivity index (χ2v) is 14.6. The van der Waals surface area contributed by atoms with Gasteiger partial charge in [0.25, 0.3) is 5.91 Å². The third-order valence-corrected chi connectivity index (χ3v) is 9.23. The summed E-state index contributed by atoms with van der Waals surface area (Å²) < 4.78 is 28.3. The molecule has 3 atom stereocenters. The van der Waals surface area contributed by atoms with E-state index < -0.39 is 52.9 Å². The number of aromatic nitrogens is 3. The Bertz CT molecular complexity index is 2250. The SMILES string of the molecule is CC(C)(C)OC(=O)Nc1nc(C(=N)C(=O)N[C@@H]2C(=O)N[C@]23CC3OC(=O)c2cc(-c3cc(OCc4ccccc4)c(OCc4ccccc4)cn3)no2)cs1. The average Bonchev–Trinajstić information content (AvgIpc) is 3.46. The molecule has 0 radical (unpaired) electrons. The van der Waals surface area contributed by atoms with Crippen molar-refractivity contribution in [1.29, 1.82) is 5.41 Å². The summed E-state index contributed by atoms with van der Waals surface area (Å²) in [6.45, 7) is 5.69. The Morgan fingerprint density at radius 1 is 0.982 bits per heavy atom. The van der Waals surface area contributed by atoms with Crippen LogP contribution in [0.5, 0.6) is 11.5 Å². The standard InChI is InChI=1S/C38H35N7O9S/c1-37(2,3)53-36(49)43-35-41-25(20-55-35)30(39)32(46)42-31-33(47)44-38(31)16-29(38)52-34(48)27-15-24(45-54-27)23-14-26(50-18-21-10-6-4-7-11-21)28(17-40-23)51-19-22-12-8-5-9-13-22/h4-15,17,20,29,31,39H,16,18-19H2,1-3H3,(H,42,46)(H,44,47)(H,41,43,49)/t29?,31-,38+/m1/s1. The summed E-state index contributed by atoms with van der Waals surface area (Å²) in [5.41, 5.74) is 0.200. The normalized spacial score (nSPS) is 18.3. The molecule has 4 heterocycles. The molecule has 1 unspecified atom stereocenters. The van der Waals surface area contributed by atoms with Gasteiger partial charge in [0.1, 0.15) is 53.6 Å². The van der Waals surface area contributed by atoms with Gasteiger partial charge in [-0.05, 0) is 31.9 Å². The summed E-state index contributed by atoms with van der Waals surface area (Å²) in [7, 11) is 0. The number of pyridine rings is 1. The van der Waals surface area contributed by atoms with Crippen molar-refractivity contribution in [1.82, 2.24) is 25.8 Å². The third kappa shape index (κ3) is 8.46. The van der Waals surface area contributed by atoms with Crippen molar-refractivity contribution in [2.75, 3.05) is 5.32 Å². The van der Waals surface area contributed by atoms with Crippen LogP contribution in [0.2, 0.25) is 0 Å². The van der Waals surface area contributed by atoms with Crippen molar-refractivity contribution in [3.8, 4) is 22.9 Å². The highest BCUT2D eigenvalue weighted by atomic mass is 32.1. The number of amides is 3. The van der Waals surface area contributed by atoms with E-state index in [0.29, 0.717) is 23.8 Å². The number of hydrogen-bond acceptors (Lipinski definition) is 14. The number of anilines is 1. The van der Waals surface area contributed by atoms with Gasteiger partial charge >= 0.3 is 12.1 Å². The molecule has 1 saturated carbocycles. The molecule has 1 aliphatic heterocycles. The largest absolute Gasteiger partial charge is 0.485 e. The lowest BCUT2D eigenvalue weighted by Crippen LogP contribution is -2.73. The number of benzene rings is 2. The zero-order chi connectivity index (χ0) is 38.7. The summed E-state index contributed by atoms with van der Waals surface area (Å²) in [4.78, 5) is 59.2. The Kier molecular flexibility index (Phi) is 10.0. The lowest BCUT2D eigenvalue weighted by atomic mass is 9.95. The fourth-order valence-corrected chi connectivity index (χ4v) is 6.33. The molecule has 4 N–H and O–H groups in total. The van der Waals surface area contributed by atoms with Gasteiger partial charge in [-0.15, -0.1) is 11.3 Å². The molecular formula is C38H35N7O9S. The van der Waals surface area contributed by atoms with E-state index in [-0.39, 0.29) is 35.3 Å². The van der Waals surface area contributed by atoms with Gasteiger partial charge in [-0.25, -0.2) is 14.6 Å². The van der Waals surface area contributed by atoms with E-state index in [1.165, 1.54) is 17.6 Å². The Balaban J connectivity index is 0.967. The maximum absolute atomic E-state index is 13.1. The topological polar surface area (TPSA) is 217 Å². The van der Waals surface area contributed by atoms with Crippen molar-refractivity contribution < 1.29 is 42.6 Å². The summed E-state index contributed by atoms with van der Waals surface area (Å²) >= 11 is 0.999. The van der Waals surface area contributed by atoms with Crippen molar-refractivity contribution in [3.05, 3.63) is 107 Å². The first-order valence-corrected chi connectivity index (χ1v) is 17.9. The van der Waals surface area contributed by atoms with E-state index in [1.54, 1.807) is 26.8 Å². The van der Waals surface area contributed by atoms with Crippen molar-refractivity contribution in [2.45, 2.75) is 63.7 Å². The van der Waals surface area contributed by atoms with Gasteiger partial charge in [0, 0.05) is 23.9 Å². The zero-order valence-electron chi connectivity index (χ0n) is 29.8. The van der Waals surface area contributed by atoms with Crippen LogP contribution in [0.1, 0.15) is 54.6 Å². The third-order valence-electron chi connectivity index (χ3n) is 8.47. The highest BCUT2D eigenvalue weighted by Gasteiger charge is 2.72. The van der Waals surface area contributed by atoms with Gasteiger partial charge in [-0.3, -0.25) is 25.3 Å². The number of hydrogen-bond donors (Lipinski definition) is 4. The summed E-state index contributed by atoms with van der Waals surface area (Å²) in [5.74, 6) is -1.60. The number of esters is 1. The molecule has 1 saturated heterocycles. The first-order chi connectivity index (χ1) is 26.4. The zero-order valence-corrected chi connectivity index (χ0v) is 30.6. The van der Waals surface area contributed by atoms with E-state index in [1.807, 2.05) is 60.7 Å². The molecule has 5 aromatic rings. The number of nitrogens with zero attached hydrogens (tertiary/aromatic N) is 3. The first-order valence-electron chi connectivity index (χ1n) is 17.1. The van der Waals surface area contributed by atoms with Crippen LogP contribution >= 0.6 is 11.3 Å². The van der Waals surface area contributed by atoms with Gasteiger partial charge in [-0.1, -0.05) is 65.8 Å². The van der Waals surface area contributed by atoms with Gasteiger partial charge in [0.15, 0.2) is 16.6 Å². The van der Waals surface area contributed by atoms with Crippen LogP contribution in [0.15, 0.2) is 88.9 Å². The minimum atomic E-state index is -1.07. The molecule has 16 nitrogen and oxygen atoms in total. The van der Waals surface area contributed by atoms with E-state index in [4.69, 9.17) is 28.9 Å². The number of β-lactam (4-membered cyclic amide) rings is 1. The van der Waals surface area contributed by atoms with Crippen molar-refractivity contribution in [2.24, 2.45) is 0 Å². The minimum absolute atomic E-state index is 0.0130. The van der Waals surface area contributed by atoms with E-state index in [0.717, 1.165) is 22.5 Å². The first kappa shape index (κ1) is 36.7. The second kappa shape index (κ2) is 15.0. The molecular weight excluding hydrogens is 731 g/mol. The fourth-order valence-electron chi connectivity index (χ4n) is 5.65. The summed E-state index contributed by atoms with van der Waals surface area (Å²) in [6, 6.07) is 21.2. The number of rotatable bonds is 13. The van der Waals surface area contributed by atoms with Gasteiger partial charge in [0.2, 0.25) is 11.7 Å². The van der Waals surface area contributed by atoms with Gasteiger partial charge < -0.3 is 34.1 Å². The van der Waals surface area contributed by atoms with Crippen molar-refractivity contribution in [3.63, 3.8) is 0 Å². The molecule has 7 rings (SSSR count). The van der Waals surface area contributed by atoms with E-state index in [9.17, 15) is 19.2 Å². The molecule has 0 bridgehead atoms. The molecule has 2 fully saturated rings. The molecule has 2 aromatic carbocycles. The maximum Gasteiger partial charge on any atom is 0.413 e. The Morgan fingerprint density at radius 3 is 2.31 bits per heavy atom. The van der Waals surface area contributed by atoms with Crippen LogP contribution in [-0.2, 0) is 32.3 Å². The van der Waals surface area contributed by atoms with E-state index >= 15 is 0 Å². The monoisotopic (exact) mass is 765 g/mol. The Hall–Kier alpha value is -6.62. The Labute approximate surface area is 318 Å². The number of carbonyl (C=O) groups excluding carboxylic acids is 4. The molecule has 1 aliphatic carbocycles. The van der Waals surface area contributed by atoms with Gasteiger partial charge in [-0.2, -0.15) is 0 Å². The predicted octanol–water partition coefficient (Wildman–Crippen LogP) is 5.05. The summed E-state index contributed by atoms with van der Waals surface area (Å²) in [5, 5.41) is 21.6. The van der Waals surface area contributed by atoms with Crippen LogP contribution in [0.4, 0.5) is 9.93 Å². The van der Waals surface area contributed by atoms with Crippen LogP contribution in [0.25, 0.3) is 11.4 Å². The molecule has 17 heteroatoms. The number of nitrogens with one attached hydrogen (secondary N) is 4. The fraction of sp³-hybridized carbons (Fsp3) is 0.263. The van der Waals surface area contributed by atoms with Crippen LogP contribution < -0.4 is 25.4 Å². The maximum atomic E-state index is 13.1.